The summed E-state index contributed by atoms with van der Waals surface area (Å²) < 4.78 is 0. The molecule has 18 aromatic carbocycles. The molecule has 18 aromatic rings. The lowest BCUT2D eigenvalue weighted by Gasteiger charge is -2.35. The average Bonchev–Trinajstić information content (AvgIpc) is 1.52. The van der Waals surface area contributed by atoms with Crippen molar-refractivity contribution < 1.29 is 0 Å². The van der Waals surface area contributed by atoms with E-state index in [2.05, 4.69) is 448 Å². The lowest BCUT2D eigenvalue weighted by atomic mass is 9.67. The highest BCUT2D eigenvalue weighted by Crippen LogP contribution is 2.58. The van der Waals surface area contributed by atoms with Crippen molar-refractivity contribution in [3.05, 3.63) is 458 Å². The van der Waals surface area contributed by atoms with E-state index in [1.54, 1.807) is 0 Å². The molecule has 0 unspecified atom stereocenters. The molecule has 0 saturated heterocycles. The number of hydrogen-bond acceptors (Lipinski definition) is 2. The Morgan fingerprint density at radius 3 is 0.991 bits per heavy atom. The van der Waals surface area contributed by atoms with Gasteiger partial charge in [-0.25, -0.2) is 0 Å². The molecule has 20 rings (SSSR count). The van der Waals surface area contributed by atoms with Gasteiger partial charge >= 0.3 is 0 Å². The van der Waals surface area contributed by atoms with Gasteiger partial charge in [-0.2, -0.15) is 0 Å². The molecule has 0 radical (unpaired) electrons. The van der Waals surface area contributed by atoms with E-state index >= 15 is 0 Å². The minimum Gasteiger partial charge on any atom is -0.310 e. The summed E-state index contributed by atoms with van der Waals surface area (Å²) in [5.74, 6) is 0. The topological polar surface area (TPSA) is 6.48 Å². The molecule has 0 N–H and O–H groups in total. The van der Waals surface area contributed by atoms with Crippen LogP contribution < -0.4 is 9.80 Å². The number of nitrogens with zero attached hydrogens (tertiary/aromatic N) is 2. The molecule has 0 aliphatic heterocycles. The van der Waals surface area contributed by atoms with E-state index < -0.39 is 5.41 Å². The van der Waals surface area contributed by atoms with E-state index in [1.165, 1.54) is 144 Å². The van der Waals surface area contributed by atoms with Crippen LogP contribution in [0.2, 0.25) is 0 Å². The fourth-order valence-electron chi connectivity index (χ4n) is 17.2. The van der Waals surface area contributed by atoms with E-state index in [0.717, 1.165) is 34.1 Å². The number of benzene rings is 18. The highest BCUT2D eigenvalue weighted by molar-refractivity contribution is 5.99. The SMILES string of the molecule is CC1(C)c2ccccc2-c2ccc(N(c3ccc(-c4ccc5ccc(-c6ccccc6)cc5c4)cc3)c3ccc(-c4cccc5ccccc45)cc3)cc21.c1ccc(-c2ccc3ccc(-c4ccc(N(c5ccccc5)c5ccc6c(c5)C(c5ccccc5)(c5ccccc5)c5ccccc5-6)cc4)cc3c2)cc1. The van der Waals surface area contributed by atoms with Gasteiger partial charge in [-0.15, -0.1) is 0 Å². The summed E-state index contributed by atoms with van der Waals surface area (Å²) in [6.07, 6.45) is 0. The van der Waals surface area contributed by atoms with Gasteiger partial charge in [0.25, 0.3) is 0 Å². The zero-order valence-electron chi connectivity index (χ0n) is 60.3. The van der Waals surface area contributed by atoms with Crippen molar-refractivity contribution in [2.75, 3.05) is 9.80 Å². The van der Waals surface area contributed by atoms with Crippen molar-refractivity contribution in [3.8, 4) is 77.9 Å². The van der Waals surface area contributed by atoms with Gasteiger partial charge < -0.3 is 9.80 Å². The Morgan fingerprint density at radius 1 is 0.176 bits per heavy atom. The van der Waals surface area contributed by atoms with Gasteiger partial charge in [-0.3, -0.25) is 0 Å². The predicted molar refractivity (Wildman–Crippen MR) is 457 cm³/mol. The fraction of sp³-hybridized carbons (Fsp3) is 0.0377. The first-order valence-corrected chi connectivity index (χ1v) is 37.5. The molecule has 108 heavy (non-hydrogen) atoms. The lowest BCUT2D eigenvalue weighted by Crippen LogP contribution is -2.28. The van der Waals surface area contributed by atoms with Crippen molar-refractivity contribution in [1.29, 1.82) is 0 Å². The van der Waals surface area contributed by atoms with Crippen molar-refractivity contribution in [3.63, 3.8) is 0 Å². The Labute approximate surface area is 632 Å². The Kier molecular flexibility index (Phi) is 16.5. The molecule has 0 saturated carbocycles. The Hall–Kier alpha value is -13.7. The quantitative estimate of drug-likeness (QED) is 0.114. The zero-order valence-corrected chi connectivity index (χ0v) is 60.3. The van der Waals surface area contributed by atoms with Gasteiger partial charge in [-0.05, 0) is 241 Å². The summed E-state index contributed by atoms with van der Waals surface area (Å²) in [5.41, 5.74) is 31.5. The molecule has 2 heteroatoms. The molecule has 2 aliphatic rings. The molecule has 0 bridgehead atoms. The third-order valence-electron chi connectivity index (χ3n) is 22.6. The predicted octanol–water partition coefficient (Wildman–Crippen LogP) is 28.8. The van der Waals surface area contributed by atoms with E-state index in [4.69, 9.17) is 0 Å². The molecule has 0 amide bonds. The first-order valence-electron chi connectivity index (χ1n) is 37.5. The molecule has 0 heterocycles. The normalized spacial score (nSPS) is 12.7. The molecular weight excluding hydrogens is 1300 g/mol. The molecule has 0 fully saturated rings. The largest absolute Gasteiger partial charge is 0.310 e. The van der Waals surface area contributed by atoms with E-state index in [0.29, 0.717) is 0 Å². The van der Waals surface area contributed by atoms with Gasteiger partial charge in [0.15, 0.2) is 0 Å². The molecule has 2 nitrogen and oxygen atoms in total. The smallest absolute Gasteiger partial charge is 0.0714 e. The second kappa shape index (κ2) is 27.4. The lowest BCUT2D eigenvalue weighted by molar-refractivity contribution is 0.660. The second-order valence-electron chi connectivity index (χ2n) is 29.1. The summed E-state index contributed by atoms with van der Waals surface area (Å²) >= 11 is 0. The van der Waals surface area contributed by atoms with Gasteiger partial charge in [0.1, 0.15) is 0 Å². The van der Waals surface area contributed by atoms with E-state index in [9.17, 15) is 0 Å². The summed E-state index contributed by atoms with van der Waals surface area (Å²) in [4.78, 5) is 4.79. The standard InChI is InChI=1S/C53H37N.C53H39N/c1-5-15-38(16-6-1)41-27-25-40-26-28-42(36-43(40)35-41)39-29-31-47(32-30-39)54(46-21-11-4-12-22-46)48-33-34-50-49-23-13-14-24-51(49)53(52(50)37-48,44-17-7-2-8-18-44)45-19-9-3-10-20-45;1-53(2)51-18-9-8-16-49(51)50-32-31-46(35-52(50)53)54(45-29-25-40(26-30-45)48-17-10-14-39-13-6-7-15-47(39)48)44-27-23-37(24-28-44)42-22-20-38-19-21-41(33-43(38)34-42)36-11-4-3-5-12-36/h1-37H;3-35H,1-2H3. The molecular formula is C106H76N2. The maximum absolute atomic E-state index is 2.43. The summed E-state index contributed by atoms with van der Waals surface area (Å²) in [5, 5.41) is 7.49. The summed E-state index contributed by atoms with van der Waals surface area (Å²) in [6, 6.07) is 155. The first-order chi connectivity index (χ1) is 53.3. The first kappa shape index (κ1) is 65.1. The minimum atomic E-state index is -0.465. The number of anilines is 6. The van der Waals surface area contributed by atoms with Crippen molar-refractivity contribution in [1.82, 2.24) is 0 Å². The molecule has 0 spiro atoms. The molecule has 0 aromatic heterocycles. The number of para-hydroxylation sites is 1. The van der Waals surface area contributed by atoms with Crippen LogP contribution in [-0.2, 0) is 10.8 Å². The van der Waals surface area contributed by atoms with Crippen LogP contribution in [0, 0.1) is 0 Å². The third-order valence-corrected chi connectivity index (χ3v) is 22.6. The van der Waals surface area contributed by atoms with Crippen molar-refractivity contribution >= 4 is 66.4 Å². The van der Waals surface area contributed by atoms with Gasteiger partial charge in [-0.1, -0.05) is 341 Å². The van der Waals surface area contributed by atoms with E-state index in [1.807, 2.05) is 0 Å². The van der Waals surface area contributed by atoms with Gasteiger partial charge in [0, 0.05) is 39.5 Å². The average molecular weight is 1380 g/mol. The van der Waals surface area contributed by atoms with Crippen LogP contribution in [-0.4, -0.2) is 0 Å². The Morgan fingerprint density at radius 2 is 0.500 bits per heavy atom. The Balaban J connectivity index is 0.000000147. The summed E-state index contributed by atoms with van der Waals surface area (Å²) in [7, 11) is 0. The Bertz CT molecular complexity index is 6300. The third kappa shape index (κ3) is 11.6. The van der Waals surface area contributed by atoms with Crippen LogP contribution >= 0.6 is 0 Å². The van der Waals surface area contributed by atoms with Crippen LogP contribution in [0.1, 0.15) is 47.2 Å². The monoisotopic (exact) mass is 1380 g/mol. The van der Waals surface area contributed by atoms with Crippen LogP contribution in [0.4, 0.5) is 34.1 Å². The van der Waals surface area contributed by atoms with Crippen LogP contribution in [0.5, 0.6) is 0 Å². The number of rotatable bonds is 13. The van der Waals surface area contributed by atoms with Gasteiger partial charge in [0.2, 0.25) is 0 Å². The zero-order chi connectivity index (χ0) is 72.1. The molecule has 510 valence electrons. The van der Waals surface area contributed by atoms with Crippen LogP contribution in [0.15, 0.2) is 425 Å². The summed E-state index contributed by atoms with van der Waals surface area (Å²) in [6.45, 7) is 4.71. The van der Waals surface area contributed by atoms with Crippen LogP contribution in [0.25, 0.3) is 110 Å². The maximum atomic E-state index is 2.43. The van der Waals surface area contributed by atoms with Gasteiger partial charge in [0.05, 0.1) is 5.41 Å². The number of hydrogen-bond donors (Lipinski definition) is 0. The second-order valence-corrected chi connectivity index (χ2v) is 29.1. The van der Waals surface area contributed by atoms with Crippen LogP contribution in [0.3, 0.4) is 0 Å². The van der Waals surface area contributed by atoms with Crippen molar-refractivity contribution in [2.45, 2.75) is 24.7 Å². The maximum Gasteiger partial charge on any atom is 0.0714 e. The fourth-order valence-corrected chi connectivity index (χ4v) is 17.2. The van der Waals surface area contributed by atoms with E-state index in [-0.39, 0.29) is 5.41 Å². The highest BCUT2D eigenvalue weighted by Gasteiger charge is 2.46. The highest BCUT2D eigenvalue weighted by atomic mass is 15.1. The molecule has 0 atom stereocenters. The minimum absolute atomic E-state index is 0.0911. The molecule has 2 aliphatic carbocycles. The number of fused-ring (bicyclic) bond motifs is 9. The van der Waals surface area contributed by atoms with Crippen molar-refractivity contribution in [2.24, 2.45) is 0 Å².